The average Bonchev–Trinajstić information content (AvgIpc) is 2.94. The predicted molar refractivity (Wildman–Crippen MR) is 104 cm³/mol. The second-order valence-electron chi connectivity index (χ2n) is 6.92. The number of aromatic nitrogens is 1. The molecule has 1 atom stereocenters. The molecule has 0 spiro atoms. The molecule has 4 heteroatoms. The Kier molecular flexibility index (Phi) is 4.57. The number of benzene rings is 2. The smallest absolute Gasteiger partial charge is 0.270 e. The molecule has 0 aliphatic carbocycles. The van der Waals surface area contributed by atoms with E-state index >= 15 is 0 Å². The van der Waals surface area contributed by atoms with Gasteiger partial charge in [0.1, 0.15) is 5.69 Å². The summed E-state index contributed by atoms with van der Waals surface area (Å²) in [6.07, 6.45) is 3.01. The summed E-state index contributed by atoms with van der Waals surface area (Å²) in [7, 11) is 0. The minimum absolute atomic E-state index is 0.0819. The molecular formula is C22H22N2O2. The summed E-state index contributed by atoms with van der Waals surface area (Å²) in [6.45, 7) is 1.45. The fraction of sp³-hybridized carbons (Fsp3) is 0.273. The molecule has 1 aliphatic heterocycles. The van der Waals surface area contributed by atoms with Crippen molar-refractivity contribution < 1.29 is 4.79 Å². The van der Waals surface area contributed by atoms with Crippen LogP contribution in [0.25, 0.3) is 10.9 Å². The van der Waals surface area contributed by atoms with Crippen LogP contribution in [-0.4, -0.2) is 28.9 Å². The molecule has 1 N–H and O–H groups in total. The number of carbonyl (C=O) groups is 1. The van der Waals surface area contributed by atoms with Crippen molar-refractivity contribution in [2.45, 2.75) is 25.2 Å². The van der Waals surface area contributed by atoms with E-state index < -0.39 is 0 Å². The quantitative estimate of drug-likeness (QED) is 0.764. The van der Waals surface area contributed by atoms with Crippen molar-refractivity contribution >= 4 is 16.8 Å². The summed E-state index contributed by atoms with van der Waals surface area (Å²) in [6, 6.07) is 19.3. The number of fused-ring (bicyclic) bond motifs is 1. The zero-order valence-electron chi connectivity index (χ0n) is 14.7. The Hall–Kier alpha value is -2.88. The van der Waals surface area contributed by atoms with Gasteiger partial charge in [-0.2, -0.15) is 0 Å². The maximum atomic E-state index is 12.9. The van der Waals surface area contributed by atoms with Gasteiger partial charge < -0.3 is 9.88 Å². The van der Waals surface area contributed by atoms with Crippen LogP contribution < -0.4 is 5.43 Å². The van der Waals surface area contributed by atoms with Gasteiger partial charge in [-0.25, -0.2) is 0 Å². The number of hydrogen-bond acceptors (Lipinski definition) is 2. The van der Waals surface area contributed by atoms with E-state index in [1.807, 2.05) is 29.2 Å². The molecule has 2 aromatic carbocycles. The lowest BCUT2D eigenvalue weighted by atomic mass is 9.92. The highest BCUT2D eigenvalue weighted by Gasteiger charge is 2.23. The Balaban J connectivity index is 1.54. The number of rotatable bonds is 2. The van der Waals surface area contributed by atoms with Gasteiger partial charge in [0.25, 0.3) is 5.91 Å². The molecule has 132 valence electrons. The molecule has 0 bridgehead atoms. The van der Waals surface area contributed by atoms with Crippen molar-refractivity contribution in [1.29, 1.82) is 0 Å². The summed E-state index contributed by atoms with van der Waals surface area (Å²) in [5.74, 6) is 0.409. The second kappa shape index (κ2) is 7.16. The highest BCUT2D eigenvalue weighted by atomic mass is 16.2. The highest BCUT2D eigenvalue weighted by Crippen LogP contribution is 2.28. The monoisotopic (exact) mass is 346 g/mol. The Morgan fingerprint density at radius 1 is 0.962 bits per heavy atom. The first-order valence-electron chi connectivity index (χ1n) is 9.18. The van der Waals surface area contributed by atoms with Gasteiger partial charge in [0.15, 0.2) is 5.43 Å². The number of nitrogens with zero attached hydrogens (tertiary/aromatic N) is 1. The van der Waals surface area contributed by atoms with Crippen LogP contribution in [0.5, 0.6) is 0 Å². The fourth-order valence-electron chi connectivity index (χ4n) is 3.84. The third-order valence-corrected chi connectivity index (χ3v) is 5.25. The van der Waals surface area contributed by atoms with Crippen molar-refractivity contribution in [3.8, 4) is 0 Å². The number of amides is 1. The molecule has 1 aromatic heterocycles. The van der Waals surface area contributed by atoms with E-state index in [0.717, 1.165) is 25.8 Å². The van der Waals surface area contributed by atoms with Crippen molar-refractivity contribution in [3.05, 3.63) is 82.1 Å². The van der Waals surface area contributed by atoms with Gasteiger partial charge in [-0.3, -0.25) is 9.59 Å². The molecule has 0 unspecified atom stereocenters. The maximum Gasteiger partial charge on any atom is 0.270 e. The van der Waals surface area contributed by atoms with Crippen molar-refractivity contribution in [2.24, 2.45) is 0 Å². The van der Waals surface area contributed by atoms with E-state index in [9.17, 15) is 9.59 Å². The normalized spacial score (nSPS) is 17.8. The minimum atomic E-state index is -0.111. The molecule has 1 aliphatic rings. The lowest BCUT2D eigenvalue weighted by molar-refractivity contribution is 0.0755. The van der Waals surface area contributed by atoms with Crippen molar-refractivity contribution in [2.75, 3.05) is 13.1 Å². The number of carbonyl (C=O) groups excluding carboxylic acids is 1. The third kappa shape index (κ3) is 3.27. The van der Waals surface area contributed by atoms with E-state index in [1.165, 1.54) is 11.6 Å². The Morgan fingerprint density at radius 2 is 1.73 bits per heavy atom. The number of hydrogen-bond donors (Lipinski definition) is 1. The van der Waals surface area contributed by atoms with Gasteiger partial charge in [-0.15, -0.1) is 0 Å². The van der Waals surface area contributed by atoms with Crippen molar-refractivity contribution in [3.63, 3.8) is 0 Å². The number of H-pyrrole nitrogens is 1. The number of aromatic amines is 1. The Bertz CT molecular complexity index is 978. The molecule has 0 radical (unpaired) electrons. The largest absolute Gasteiger partial charge is 0.350 e. The first kappa shape index (κ1) is 16.6. The Labute approximate surface area is 152 Å². The van der Waals surface area contributed by atoms with Crippen LogP contribution in [-0.2, 0) is 0 Å². The van der Waals surface area contributed by atoms with E-state index in [2.05, 4.69) is 29.2 Å². The molecule has 0 saturated carbocycles. The van der Waals surface area contributed by atoms with Crippen LogP contribution in [0, 0.1) is 0 Å². The zero-order chi connectivity index (χ0) is 17.9. The predicted octanol–water partition coefficient (Wildman–Crippen LogP) is 3.94. The first-order chi connectivity index (χ1) is 12.7. The third-order valence-electron chi connectivity index (χ3n) is 5.25. The fourth-order valence-corrected chi connectivity index (χ4v) is 3.84. The SMILES string of the molecule is O=C(c1cc(=O)c2ccccc2[nH]1)N1CCC[C@H](c2ccccc2)CC1. The van der Waals surface area contributed by atoms with Crippen LogP contribution in [0.1, 0.15) is 41.2 Å². The van der Waals surface area contributed by atoms with E-state index in [0.29, 0.717) is 29.1 Å². The van der Waals surface area contributed by atoms with Gasteiger partial charge in [0, 0.05) is 30.1 Å². The number of para-hydroxylation sites is 1. The van der Waals surface area contributed by atoms with Crippen LogP contribution in [0.15, 0.2) is 65.5 Å². The summed E-state index contributed by atoms with van der Waals surface area (Å²) in [5.41, 5.74) is 2.33. The van der Waals surface area contributed by atoms with Gasteiger partial charge in [0.2, 0.25) is 0 Å². The van der Waals surface area contributed by atoms with E-state index in [-0.39, 0.29) is 11.3 Å². The lowest BCUT2D eigenvalue weighted by Gasteiger charge is -2.21. The molecule has 1 fully saturated rings. The van der Waals surface area contributed by atoms with Crippen molar-refractivity contribution in [1.82, 2.24) is 9.88 Å². The van der Waals surface area contributed by atoms with Crippen LogP contribution in [0.2, 0.25) is 0 Å². The highest BCUT2D eigenvalue weighted by molar-refractivity contribution is 5.94. The zero-order valence-corrected chi connectivity index (χ0v) is 14.7. The molecule has 1 amide bonds. The summed E-state index contributed by atoms with van der Waals surface area (Å²) in [5, 5.41) is 0.615. The van der Waals surface area contributed by atoms with E-state index in [4.69, 9.17) is 0 Å². The molecule has 26 heavy (non-hydrogen) atoms. The van der Waals surface area contributed by atoms with Crippen LogP contribution in [0.3, 0.4) is 0 Å². The van der Waals surface area contributed by atoms with Gasteiger partial charge in [-0.05, 0) is 42.9 Å². The lowest BCUT2D eigenvalue weighted by Crippen LogP contribution is -2.33. The molecule has 2 heterocycles. The molecule has 3 aromatic rings. The summed E-state index contributed by atoms with van der Waals surface area (Å²) >= 11 is 0. The molecular weight excluding hydrogens is 324 g/mol. The first-order valence-corrected chi connectivity index (χ1v) is 9.18. The average molecular weight is 346 g/mol. The number of likely N-dealkylation sites (tertiary alicyclic amines) is 1. The van der Waals surface area contributed by atoms with E-state index in [1.54, 1.807) is 6.07 Å². The van der Waals surface area contributed by atoms with Crippen LogP contribution in [0.4, 0.5) is 0 Å². The molecule has 1 saturated heterocycles. The second-order valence-corrected chi connectivity index (χ2v) is 6.92. The maximum absolute atomic E-state index is 12.9. The number of pyridine rings is 1. The minimum Gasteiger partial charge on any atom is -0.350 e. The summed E-state index contributed by atoms with van der Waals surface area (Å²) in [4.78, 5) is 30.3. The standard InChI is InChI=1S/C22H22N2O2/c25-21-15-20(23-19-11-5-4-10-18(19)21)22(26)24-13-6-9-17(12-14-24)16-7-2-1-3-8-16/h1-5,7-8,10-11,15,17H,6,9,12-14H2,(H,23,25)/t17-/m0/s1. The topological polar surface area (TPSA) is 53.2 Å². The number of nitrogens with one attached hydrogen (secondary N) is 1. The molecule has 4 nitrogen and oxygen atoms in total. The molecule has 4 rings (SSSR count). The van der Waals surface area contributed by atoms with Gasteiger partial charge >= 0.3 is 0 Å². The Morgan fingerprint density at radius 3 is 2.58 bits per heavy atom. The van der Waals surface area contributed by atoms with Gasteiger partial charge in [0.05, 0.1) is 0 Å². The van der Waals surface area contributed by atoms with Crippen LogP contribution >= 0.6 is 0 Å². The summed E-state index contributed by atoms with van der Waals surface area (Å²) < 4.78 is 0. The van der Waals surface area contributed by atoms with Gasteiger partial charge in [-0.1, -0.05) is 42.5 Å².